The molecule has 2 heterocycles. The fourth-order valence-electron chi connectivity index (χ4n) is 2.55. The van der Waals surface area contributed by atoms with Crippen LogP contribution in [0.2, 0.25) is 0 Å². The van der Waals surface area contributed by atoms with Crippen molar-refractivity contribution in [2.45, 2.75) is 24.3 Å². The highest BCUT2D eigenvalue weighted by atomic mass is 32.2. The highest BCUT2D eigenvalue weighted by Gasteiger charge is 2.31. The van der Waals surface area contributed by atoms with Gasteiger partial charge in [-0.3, -0.25) is 0 Å². The van der Waals surface area contributed by atoms with Crippen molar-refractivity contribution >= 4 is 15.8 Å². The quantitative estimate of drug-likeness (QED) is 0.896. The van der Waals surface area contributed by atoms with Gasteiger partial charge in [-0.15, -0.1) is 0 Å². The lowest BCUT2D eigenvalue weighted by Gasteiger charge is -2.27. The first-order valence-corrected chi connectivity index (χ1v) is 8.23. The van der Waals surface area contributed by atoms with Crippen molar-refractivity contribution in [3.8, 4) is 0 Å². The summed E-state index contributed by atoms with van der Waals surface area (Å²) < 4.78 is 27.2. The molecule has 112 valence electrons. The van der Waals surface area contributed by atoms with Gasteiger partial charge in [0.05, 0.1) is 4.90 Å². The van der Waals surface area contributed by atoms with Crippen molar-refractivity contribution in [3.05, 3.63) is 18.3 Å². The van der Waals surface area contributed by atoms with Crippen molar-refractivity contribution in [2.24, 2.45) is 0 Å². The van der Waals surface area contributed by atoms with Crippen molar-refractivity contribution in [3.63, 3.8) is 0 Å². The van der Waals surface area contributed by atoms with E-state index in [-0.39, 0.29) is 6.04 Å². The van der Waals surface area contributed by atoms with Gasteiger partial charge in [-0.05, 0) is 33.0 Å². The van der Waals surface area contributed by atoms with E-state index in [1.165, 1.54) is 6.20 Å². The summed E-state index contributed by atoms with van der Waals surface area (Å²) in [7, 11) is 0.287. The fraction of sp³-hybridized carbons (Fsp3) is 0.615. The summed E-state index contributed by atoms with van der Waals surface area (Å²) >= 11 is 0. The third kappa shape index (κ3) is 3.11. The average molecular weight is 298 g/mol. The molecule has 6 nitrogen and oxygen atoms in total. The highest BCUT2D eigenvalue weighted by Crippen LogP contribution is 2.22. The molecule has 0 radical (unpaired) electrons. The summed E-state index contributed by atoms with van der Waals surface area (Å²) in [5.41, 5.74) is 0. The van der Waals surface area contributed by atoms with Crippen molar-refractivity contribution < 1.29 is 8.42 Å². The number of anilines is 1. The monoisotopic (exact) mass is 298 g/mol. The molecule has 1 aliphatic rings. The minimum absolute atomic E-state index is 0.0290. The molecule has 0 amide bonds. The van der Waals surface area contributed by atoms with Crippen LogP contribution in [-0.4, -0.2) is 62.4 Å². The first-order chi connectivity index (χ1) is 9.45. The van der Waals surface area contributed by atoms with Gasteiger partial charge in [-0.25, -0.2) is 13.4 Å². The summed E-state index contributed by atoms with van der Waals surface area (Å²) in [6.45, 7) is 4.20. The van der Waals surface area contributed by atoms with Crippen LogP contribution in [0.5, 0.6) is 0 Å². The van der Waals surface area contributed by atoms with Crippen LogP contribution in [0.3, 0.4) is 0 Å². The van der Waals surface area contributed by atoms with Gasteiger partial charge < -0.3 is 10.2 Å². The maximum Gasteiger partial charge on any atom is 0.243 e. The molecule has 0 aliphatic carbocycles. The van der Waals surface area contributed by atoms with Crippen LogP contribution >= 0.6 is 0 Å². The molecule has 0 saturated carbocycles. The molecule has 7 heteroatoms. The Hall–Kier alpha value is -1.18. The van der Waals surface area contributed by atoms with Gasteiger partial charge in [0.25, 0.3) is 0 Å². The van der Waals surface area contributed by atoms with Crippen LogP contribution in [0.4, 0.5) is 5.82 Å². The van der Waals surface area contributed by atoms with E-state index in [0.29, 0.717) is 17.3 Å². The van der Waals surface area contributed by atoms with Crippen LogP contribution in [-0.2, 0) is 10.0 Å². The van der Waals surface area contributed by atoms with Crippen LogP contribution in [0, 0.1) is 0 Å². The smallest absolute Gasteiger partial charge is 0.243 e. The van der Waals surface area contributed by atoms with E-state index in [4.69, 9.17) is 0 Å². The molecule has 0 aromatic carbocycles. The Morgan fingerprint density at radius 1 is 1.40 bits per heavy atom. The van der Waals surface area contributed by atoms with Gasteiger partial charge in [0.15, 0.2) is 0 Å². The number of sulfonamides is 1. The molecule has 2 rings (SSSR count). The predicted molar refractivity (Wildman–Crippen MR) is 79.3 cm³/mol. The minimum Gasteiger partial charge on any atom is -0.373 e. The third-order valence-corrected chi connectivity index (χ3v) is 5.59. The maximum atomic E-state index is 12.8. The molecule has 1 saturated heterocycles. The zero-order valence-corrected chi connectivity index (χ0v) is 13.0. The zero-order chi connectivity index (χ0) is 14.8. The summed E-state index contributed by atoms with van der Waals surface area (Å²) in [4.78, 5) is 6.54. The lowest BCUT2D eigenvalue weighted by molar-refractivity contribution is 0.290. The number of pyridine rings is 1. The second-order valence-electron chi connectivity index (χ2n) is 5.21. The van der Waals surface area contributed by atoms with E-state index >= 15 is 0 Å². The molecule has 1 aromatic rings. The van der Waals surface area contributed by atoms with E-state index in [0.717, 1.165) is 19.5 Å². The van der Waals surface area contributed by atoms with E-state index in [1.807, 2.05) is 14.0 Å². The molecular weight excluding hydrogens is 276 g/mol. The van der Waals surface area contributed by atoms with Crippen LogP contribution in [0.1, 0.15) is 13.3 Å². The molecule has 0 spiro atoms. The lowest BCUT2D eigenvalue weighted by Crippen LogP contribution is -2.41. The van der Waals surface area contributed by atoms with Crippen LogP contribution in [0.15, 0.2) is 23.2 Å². The fourth-order valence-corrected chi connectivity index (χ4v) is 4.23. The molecular formula is C13H22N4O2S. The summed E-state index contributed by atoms with van der Waals surface area (Å²) in [6, 6.07) is 3.10. The van der Waals surface area contributed by atoms with Crippen molar-refractivity contribution in [2.75, 3.05) is 39.0 Å². The van der Waals surface area contributed by atoms with Crippen molar-refractivity contribution in [1.29, 1.82) is 0 Å². The van der Waals surface area contributed by atoms with E-state index in [1.54, 1.807) is 23.5 Å². The Balaban J connectivity index is 2.33. The predicted octanol–water partition coefficient (Wildman–Crippen LogP) is 0.838. The Kier molecular flexibility index (Phi) is 4.62. The number of nitrogens with one attached hydrogen (secondary N) is 1. The Morgan fingerprint density at radius 3 is 2.85 bits per heavy atom. The van der Waals surface area contributed by atoms with Gasteiger partial charge >= 0.3 is 0 Å². The van der Waals surface area contributed by atoms with Gasteiger partial charge in [-0.1, -0.05) is 0 Å². The standard InChI is InChI=1S/C13H22N4O2S/c1-11-10-16(3)7-4-8-17(11)20(18,19)12-5-6-15-13(9-12)14-2/h5-6,9,11H,4,7-8,10H2,1-3H3,(H,14,15). The molecule has 1 aromatic heterocycles. The van der Waals surface area contributed by atoms with E-state index in [2.05, 4.69) is 15.2 Å². The Bertz CT molecular complexity index is 561. The topological polar surface area (TPSA) is 65.5 Å². The number of hydrogen-bond donors (Lipinski definition) is 1. The SMILES string of the molecule is CNc1cc(S(=O)(=O)N2CCCN(C)CC2C)ccn1. The van der Waals surface area contributed by atoms with Gasteiger partial charge in [0.1, 0.15) is 5.82 Å². The molecule has 1 aliphatic heterocycles. The van der Waals surface area contributed by atoms with E-state index < -0.39 is 10.0 Å². The molecule has 1 unspecified atom stereocenters. The zero-order valence-electron chi connectivity index (χ0n) is 12.2. The second-order valence-corrected chi connectivity index (χ2v) is 7.10. The molecule has 0 bridgehead atoms. The molecule has 1 atom stereocenters. The second kappa shape index (κ2) is 6.07. The molecule has 20 heavy (non-hydrogen) atoms. The number of rotatable bonds is 3. The average Bonchev–Trinajstić information content (AvgIpc) is 2.59. The van der Waals surface area contributed by atoms with Gasteiger partial charge in [0, 0.05) is 38.4 Å². The Morgan fingerprint density at radius 2 is 2.15 bits per heavy atom. The van der Waals surface area contributed by atoms with Gasteiger partial charge in [-0.2, -0.15) is 4.31 Å². The summed E-state index contributed by atoms with van der Waals surface area (Å²) in [6.07, 6.45) is 2.37. The lowest BCUT2D eigenvalue weighted by atomic mass is 10.3. The highest BCUT2D eigenvalue weighted by molar-refractivity contribution is 7.89. The normalized spacial score (nSPS) is 22.4. The third-order valence-electron chi connectivity index (χ3n) is 3.58. The summed E-state index contributed by atoms with van der Waals surface area (Å²) in [5, 5.41) is 2.87. The number of hydrogen-bond acceptors (Lipinski definition) is 5. The summed E-state index contributed by atoms with van der Waals surface area (Å²) in [5.74, 6) is 0.561. The first-order valence-electron chi connectivity index (χ1n) is 6.79. The van der Waals surface area contributed by atoms with Gasteiger partial charge in [0.2, 0.25) is 10.0 Å². The van der Waals surface area contributed by atoms with Crippen LogP contribution < -0.4 is 5.32 Å². The Labute approximate surface area is 120 Å². The van der Waals surface area contributed by atoms with E-state index in [9.17, 15) is 8.42 Å². The molecule has 1 fully saturated rings. The van der Waals surface area contributed by atoms with Crippen molar-refractivity contribution in [1.82, 2.24) is 14.2 Å². The largest absolute Gasteiger partial charge is 0.373 e. The molecule has 1 N–H and O–H groups in total. The number of likely N-dealkylation sites (N-methyl/N-ethyl adjacent to an activating group) is 1. The number of nitrogens with zero attached hydrogens (tertiary/aromatic N) is 3. The first kappa shape index (κ1) is 15.2. The minimum atomic E-state index is -3.46. The number of aromatic nitrogens is 1. The maximum absolute atomic E-state index is 12.8. The van der Waals surface area contributed by atoms with Crippen LogP contribution in [0.25, 0.3) is 0 Å².